The molecule has 2 saturated heterocycles. The molecule has 4 aromatic rings. The van der Waals surface area contributed by atoms with E-state index < -0.39 is 42.0 Å². The van der Waals surface area contributed by atoms with Gasteiger partial charge in [-0.3, -0.25) is 24.4 Å². The third-order valence-corrected chi connectivity index (χ3v) is 13.5. The fourth-order valence-corrected chi connectivity index (χ4v) is 9.68. The molecule has 16 heteroatoms. The van der Waals surface area contributed by atoms with E-state index in [0.29, 0.717) is 50.4 Å². The summed E-state index contributed by atoms with van der Waals surface area (Å²) in [7, 11) is 4.92. The number of cyclic esters (lactones) is 1. The maximum atomic E-state index is 14.5. The number of urea groups is 1. The van der Waals surface area contributed by atoms with Crippen LogP contribution in [-0.2, 0) is 48.0 Å². The second kappa shape index (κ2) is 18.6. The van der Waals surface area contributed by atoms with Crippen LogP contribution in [0.15, 0.2) is 41.9 Å². The van der Waals surface area contributed by atoms with Crippen LogP contribution in [-0.4, -0.2) is 124 Å². The van der Waals surface area contributed by atoms with E-state index in [9.17, 15) is 19.2 Å². The lowest BCUT2D eigenvalue weighted by molar-refractivity contribution is -0.158. The number of benzene rings is 1. The number of hydrogen-bond donors (Lipinski definition) is 2. The molecule has 2 fully saturated rings. The van der Waals surface area contributed by atoms with Crippen LogP contribution < -0.4 is 10.7 Å². The first-order chi connectivity index (χ1) is 29.2. The van der Waals surface area contributed by atoms with Gasteiger partial charge < -0.3 is 33.9 Å². The molecule has 3 aromatic heterocycles. The smallest absolute Gasteiger partial charge is 0.325 e. The number of carbonyl (C=O) groups excluding carboxylic acids is 4. The molecule has 0 spiro atoms. The maximum absolute atomic E-state index is 14.5. The molecule has 2 N–H and O–H groups in total. The van der Waals surface area contributed by atoms with Crippen molar-refractivity contribution in [3.05, 3.63) is 58.2 Å². The normalized spacial score (nSPS) is 22.4. The molecule has 328 valence electrons. The van der Waals surface area contributed by atoms with E-state index in [1.807, 2.05) is 39.1 Å². The molecule has 6 bridgehead atoms. The standard InChI is InChI=1S/C45H60N8O7S/c1-10-52-37-16-15-29-20-32(37)33(41(52)31-13-11-17-46-39(31)28(6)58-8)19-26(4)27(5)60-44(56)34-14-12-18-53(49-34)43(55)35(21-38-47-36(29)24-61-38)48-42(54)40(25(2)3)50(7)45(57)51-22-30(23-51)59-9/h11,13,15-17,20,24-28,30,34-35,40,49H,10,12,14,18-19,21-23H2,1-9H3,(H,48,54)/t26-,27+,28-,34-,35-,40?/m0/s1. The van der Waals surface area contributed by atoms with E-state index in [4.69, 9.17) is 24.2 Å². The quantitative estimate of drug-likeness (QED) is 0.203. The third kappa shape index (κ3) is 8.90. The Kier molecular flexibility index (Phi) is 13.5. The minimum atomic E-state index is -1.04. The van der Waals surface area contributed by atoms with Gasteiger partial charge in [0.2, 0.25) is 5.91 Å². The monoisotopic (exact) mass is 856 g/mol. The zero-order valence-electron chi connectivity index (χ0n) is 36.8. The van der Waals surface area contributed by atoms with Gasteiger partial charge in [-0.25, -0.2) is 15.2 Å². The molecule has 3 aliphatic rings. The third-order valence-electron chi connectivity index (χ3n) is 12.6. The summed E-state index contributed by atoms with van der Waals surface area (Å²) in [6.45, 7) is 13.8. The molecule has 4 amide bonds. The Morgan fingerprint density at radius 3 is 2.59 bits per heavy atom. The van der Waals surface area contributed by atoms with Crippen molar-refractivity contribution in [2.45, 2.75) is 110 Å². The highest BCUT2D eigenvalue weighted by atomic mass is 32.1. The van der Waals surface area contributed by atoms with Crippen molar-refractivity contribution in [2.24, 2.45) is 11.8 Å². The molecule has 3 aliphatic heterocycles. The van der Waals surface area contributed by atoms with Gasteiger partial charge in [-0.05, 0) is 81.7 Å². The van der Waals surface area contributed by atoms with Gasteiger partial charge in [-0.1, -0.05) is 26.8 Å². The number of nitrogens with zero attached hydrogens (tertiary/aromatic N) is 6. The number of aryl methyl sites for hydroxylation is 1. The molecule has 7 rings (SSSR count). The van der Waals surface area contributed by atoms with Gasteiger partial charge in [0.25, 0.3) is 5.91 Å². The van der Waals surface area contributed by atoms with Crippen molar-refractivity contribution in [3.63, 3.8) is 0 Å². The Balaban J connectivity index is 1.29. The molecular weight excluding hydrogens is 797 g/mol. The number of nitrogens with one attached hydrogen (secondary N) is 2. The SMILES string of the molecule is CCn1c(-c2cccnc2[C@H](C)OC)c2c3cc(ccc31)-c1csc(n1)C[C@H](NC(=O)C(C(C)C)N(C)C(=O)N1CC(OC)C1)C(=O)N1CCC[C@H](N1)C(=O)O[C@H](C)[C@@H](C)C2. The van der Waals surface area contributed by atoms with Crippen molar-refractivity contribution in [1.29, 1.82) is 0 Å². The van der Waals surface area contributed by atoms with Crippen LogP contribution in [0.4, 0.5) is 4.79 Å². The van der Waals surface area contributed by atoms with Crippen LogP contribution in [0.5, 0.6) is 0 Å². The minimum absolute atomic E-state index is 0.0367. The number of likely N-dealkylation sites (tertiary alicyclic amines) is 1. The van der Waals surface area contributed by atoms with Crippen LogP contribution >= 0.6 is 11.3 Å². The number of carbonyl (C=O) groups is 4. The van der Waals surface area contributed by atoms with Crippen molar-refractivity contribution in [2.75, 3.05) is 40.9 Å². The number of esters is 1. The number of fused-ring (bicyclic) bond motifs is 6. The zero-order chi connectivity index (χ0) is 43.7. The number of ether oxygens (including phenoxy) is 3. The number of rotatable bonds is 9. The van der Waals surface area contributed by atoms with Gasteiger partial charge >= 0.3 is 12.0 Å². The van der Waals surface area contributed by atoms with Crippen molar-refractivity contribution in [1.82, 2.24) is 40.1 Å². The van der Waals surface area contributed by atoms with Crippen molar-refractivity contribution >= 4 is 46.1 Å². The topological polar surface area (TPSA) is 160 Å². The predicted octanol–water partition coefficient (Wildman–Crippen LogP) is 5.61. The predicted molar refractivity (Wildman–Crippen MR) is 233 cm³/mol. The Labute approximate surface area is 362 Å². The average Bonchev–Trinajstić information content (AvgIpc) is 3.83. The highest BCUT2D eigenvalue weighted by Gasteiger charge is 2.40. The molecular formula is C45H60N8O7S. The fraction of sp³-hybridized carbons (Fsp3) is 0.556. The Hall–Kier alpha value is -4.90. The van der Waals surface area contributed by atoms with Gasteiger partial charge in [-0.2, -0.15) is 0 Å². The highest BCUT2D eigenvalue weighted by molar-refractivity contribution is 7.10. The Bertz CT molecular complexity index is 2250. The van der Waals surface area contributed by atoms with Gasteiger partial charge in [-0.15, -0.1) is 11.3 Å². The largest absolute Gasteiger partial charge is 0.461 e. The van der Waals surface area contributed by atoms with E-state index >= 15 is 0 Å². The van der Waals surface area contributed by atoms with Crippen LogP contribution in [0, 0.1) is 11.8 Å². The van der Waals surface area contributed by atoms with Gasteiger partial charge in [0.05, 0.1) is 47.4 Å². The molecule has 61 heavy (non-hydrogen) atoms. The number of hydrogen-bond acceptors (Lipinski definition) is 11. The van der Waals surface area contributed by atoms with E-state index in [0.717, 1.165) is 44.7 Å². The number of likely N-dealkylation sites (N-methyl/N-ethyl adjacent to an activating group) is 1. The lowest BCUT2D eigenvalue weighted by Crippen LogP contribution is -2.64. The zero-order valence-corrected chi connectivity index (χ0v) is 37.6. The molecule has 15 nitrogen and oxygen atoms in total. The van der Waals surface area contributed by atoms with E-state index in [-0.39, 0.29) is 36.5 Å². The maximum Gasteiger partial charge on any atom is 0.325 e. The second-order valence-corrected chi connectivity index (χ2v) is 17.9. The van der Waals surface area contributed by atoms with E-state index in [1.54, 1.807) is 32.4 Å². The molecule has 1 aromatic carbocycles. The minimum Gasteiger partial charge on any atom is -0.461 e. The van der Waals surface area contributed by atoms with Crippen LogP contribution in [0.25, 0.3) is 33.4 Å². The summed E-state index contributed by atoms with van der Waals surface area (Å²) in [5.74, 6) is -1.64. The van der Waals surface area contributed by atoms with Crippen molar-refractivity contribution in [3.8, 4) is 22.5 Å². The summed E-state index contributed by atoms with van der Waals surface area (Å²) in [6, 6.07) is 7.49. The van der Waals surface area contributed by atoms with Gasteiger partial charge in [0.15, 0.2) is 0 Å². The highest BCUT2D eigenvalue weighted by Crippen LogP contribution is 2.41. The number of pyridine rings is 1. The first-order valence-electron chi connectivity index (χ1n) is 21.4. The summed E-state index contributed by atoms with van der Waals surface area (Å²) in [5.41, 5.74) is 9.88. The van der Waals surface area contributed by atoms with Gasteiger partial charge in [0.1, 0.15) is 24.2 Å². The Morgan fingerprint density at radius 1 is 1.11 bits per heavy atom. The number of hydrazine groups is 1. The van der Waals surface area contributed by atoms with Crippen LogP contribution in [0.2, 0.25) is 0 Å². The number of thiazole rings is 1. The number of methoxy groups -OCH3 is 2. The lowest BCUT2D eigenvalue weighted by atomic mass is 9.91. The summed E-state index contributed by atoms with van der Waals surface area (Å²) < 4.78 is 19.7. The number of amides is 4. The molecule has 6 heterocycles. The summed E-state index contributed by atoms with van der Waals surface area (Å²) in [4.78, 5) is 69.1. The first kappa shape index (κ1) is 44.2. The first-order valence-corrected chi connectivity index (χ1v) is 22.3. The van der Waals surface area contributed by atoms with Gasteiger partial charge in [0, 0.05) is 74.4 Å². The molecule has 6 atom stereocenters. The summed E-state index contributed by atoms with van der Waals surface area (Å²) >= 11 is 1.42. The molecule has 0 saturated carbocycles. The fourth-order valence-electron chi connectivity index (χ4n) is 8.83. The second-order valence-electron chi connectivity index (χ2n) is 17.0. The van der Waals surface area contributed by atoms with E-state index in [1.165, 1.54) is 21.2 Å². The lowest BCUT2D eigenvalue weighted by Gasteiger charge is -2.42. The van der Waals surface area contributed by atoms with Crippen molar-refractivity contribution < 1.29 is 33.4 Å². The molecule has 0 aliphatic carbocycles. The number of aromatic nitrogens is 3. The van der Waals surface area contributed by atoms with E-state index in [2.05, 4.69) is 53.4 Å². The Morgan fingerprint density at radius 2 is 1.89 bits per heavy atom. The summed E-state index contributed by atoms with van der Waals surface area (Å²) in [5, 5.41) is 8.16. The van der Waals surface area contributed by atoms with Crippen LogP contribution in [0.3, 0.4) is 0 Å². The summed E-state index contributed by atoms with van der Waals surface area (Å²) in [6.07, 6.45) is 2.81. The van der Waals surface area contributed by atoms with Crippen LogP contribution in [0.1, 0.15) is 76.8 Å². The molecule has 0 radical (unpaired) electrons. The average molecular weight is 857 g/mol. The molecule has 1 unspecified atom stereocenters.